The predicted octanol–water partition coefficient (Wildman–Crippen LogP) is 4.06. The molecule has 5 heteroatoms. The average Bonchev–Trinajstić information content (AvgIpc) is 2.49. The van der Waals surface area contributed by atoms with E-state index in [1.54, 1.807) is 0 Å². The summed E-state index contributed by atoms with van der Waals surface area (Å²) in [5.74, 6) is 1.59. The van der Waals surface area contributed by atoms with Crippen LogP contribution in [0.15, 0.2) is 46.9 Å². The lowest BCUT2D eigenvalue weighted by atomic mass is 10.1. The summed E-state index contributed by atoms with van der Waals surface area (Å²) in [5.41, 5.74) is 6.55. The van der Waals surface area contributed by atoms with Crippen LogP contribution in [0.3, 0.4) is 0 Å². The van der Waals surface area contributed by atoms with Crippen LogP contribution in [0.25, 0.3) is 0 Å². The van der Waals surface area contributed by atoms with Crippen LogP contribution < -0.4 is 15.2 Å². The summed E-state index contributed by atoms with van der Waals surface area (Å²) in [6.07, 6.45) is 0.697. The average molecular weight is 371 g/mol. The Hall–Kier alpha value is -1.23. The fourth-order valence-corrected chi connectivity index (χ4v) is 2.43. The minimum atomic E-state index is 0.452. The third-order valence-corrected chi connectivity index (χ3v) is 3.78. The molecule has 0 bridgehead atoms. The zero-order valence-corrected chi connectivity index (χ0v) is 13.9. The van der Waals surface area contributed by atoms with Gasteiger partial charge in [0, 0.05) is 15.1 Å². The molecule has 2 aromatic carbocycles. The molecule has 0 saturated carbocycles. The quantitative estimate of drug-likeness (QED) is 0.748. The Bertz CT molecular complexity index is 575. The van der Waals surface area contributed by atoms with Crippen molar-refractivity contribution in [2.45, 2.75) is 6.42 Å². The maximum atomic E-state index is 6.16. The molecule has 0 amide bonds. The van der Waals surface area contributed by atoms with Gasteiger partial charge in [-0.05, 0) is 49.4 Å². The fraction of sp³-hybridized carbons (Fsp3) is 0.250. The Morgan fingerprint density at radius 2 is 1.71 bits per heavy atom. The maximum Gasteiger partial charge on any atom is 0.124 e. The van der Waals surface area contributed by atoms with E-state index in [9.17, 15) is 0 Å². The van der Waals surface area contributed by atoms with Crippen LogP contribution >= 0.6 is 27.5 Å². The standard InChI is InChI=1S/C16H17BrClNO2/c17-12-4-6-13(7-5-12)20-10-11-21-16-3-1-2-15(18)14(16)8-9-19/h1-7H,8-11,19H2. The predicted molar refractivity (Wildman–Crippen MR) is 89.3 cm³/mol. The number of halogens is 2. The van der Waals surface area contributed by atoms with Crippen molar-refractivity contribution in [3.05, 3.63) is 57.5 Å². The van der Waals surface area contributed by atoms with Crippen LogP contribution in [0.5, 0.6) is 11.5 Å². The largest absolute Gasteiger partial charge is 0.490 e. The molecule has 0 unspecified atom stereocenters. The van der Waals surface area contributed by atoms with Crippen molar-refractivity contribution in [3.8, 4) is 11.5 Å². The number of rotatable bonds is 7. The smallest absolute Gasteiger partial charge is 0.124 e. The zero-order chi connectivity index (χ0) is 15.1. The lowest BCUT2D eigenvalue weighted by Gasteiger charge is -2.13. The third-order valence-electron chi connectivity index (χ3n) is 2.89. The van der Waals surface area contributed by atoms with E-state index in [-0.39, 0.29) is 0 Å². The van der Waals surface area contributed by atoms with Gasteiger partial charge in [0.15, 0.2) is 0 Å². The van der Waals surface area contributed by atoms with E-state index in [0.29, 0.717) is 31.2 Å². The van der Waals surface area contributed by atoms with Gasteiger partial charge in [-0.3, -0.25) is 0 Å². The van der Waals surface area contributed by atoms with Crippen molar-refractivity contribution in [1.29, 1.82) is 0 Å². The summed E-state index contributed by atoms with van der Waals surface area (Å²) >= 11 is 9.54. The lowest BCUT2D eigenvalue weighted by Crippen LogP contribution is -2.11. The van der Waals surface area contributed by atoms with Crippen molar-refractivity contribution >= 4 is 27.5 Å². The van der Waals surface area contributed by atoms with E-state index in [0.717, 1.165) is 21.5 Å². The van der Waals surface area contributed by atoms with E-state index >= 15 is 0 Å². The van der Waals surface area contributed by atoms with Crippen molar-refractivity contribution in [2.75, 3.05) is 19.8 Å². The van der Waals surface area contributed by atoms with E-state index in [2.05, 4.69) is 15.9 Å². The molecule has 0 saturated heterocycles. The van der Waals surface area contributed by atoms with Gasteiger partial charge in [0.2, 0.25) is 0 Å². The number of ether oxygens (including phenoxy) is 2. The molecule has 0 radical (unpaired) electrons. The van der Waals surface area contributed by atoms with Crippen LogP contribution in [-0.2, 0) is 6.42 Å². The van der Waals surface area contributed by atoms with Gasteiger partial charge in [0.25, 0.3) is 0 Å². The Balaban J connectivity index is 1.86. The summed E-state index contributed by atoms with van der Waals surface area (Å²) < 4.78 is 12.4. The Labute approximate surface area is 138 Å². The van der Waals surface area contributed by atoms with E-state index in [1.807, 2.05) is 42.5 Å². The summed E-state index contributed by atoms with van der Waals surface area (Å²) in [6.45, 7) is 1.46. The molecule has 0 heterocycles. The summed E-state index contributed by atoms with van der Waals surface area (Å²) in [5, 5.41) is 0.687. The molecule has 2 aromatic rings. The molecule has 0 aliphatic rings. The minimum absolute atomic E-state index is 0.452. The molecular formula is C16H17BrClNO2. The SMILES string of the molecule is NCCc1c(Cl)cccc1OCCOc1ccc(Br)cc1. The Morgan fingerprint density at radius 3 is 2.43 bits per heavy atom. The number of nitrogens with two attached hydrogens (primary N) is 1. The van der Waals surface area contributed by atoms with Crippen LogP contribution in [0.2, 0.25) is 5.02 Å². The molecule has 3 nitrogen and oxygen atoms in total. The first-order valence-electron chi connectivity index (χ1n) is 6.69. The summed E-state index contributed by atoms with van der Waals surface area (Å²) in [7, 11) is 0. The van der Waals surface area contributed by atoms with Crippen LogP contribution in [0, 0.1) is 0 Å². The van der Waals surface area contributed by atoms with Gasteiger partial charge in [0.1, 0.15) is 24.7 Å². The fourth-order valence-electron chi connectivity index (χ4n) is 1.90. The van der Waals surface area contributed by atoms with Crippen LogP contribution in [0.4, 0.5) is 0 Å². The van der Waals surface area contributed by atoms with Crippen LogP contribution in [-0.4, -0.2) is 19.8 Å². The maximum absolute atomic E-state index is 6.16. The molecule has 0 aromatic heterocycles. The molecule has 0 spiro atoms. The minimum Gasteiger partial charge on any atom is -0.490 e. The molecule has 112 valence electrons. The van der Waals surface area contributed by atoms with Crippen molar-refractivity contribution in [2.24, 2.45) is 5.73 Å². The first-order chi connectivity index (χ1) is 10.2. The Kier molecular flexibility index (Phi) is 6.36. The van der Waals surface area contributed by atoms with E-state index in [1.165, 1.54) is 0 Å². The van der Waals surface area contributed by atoms with Gasteiger partial charge in [-0.25, -0.2) is 0 Å². The highest BCUT2D eigenvalue weighted by Crippen LogP contribution is 2.26. The summed E-state index contributed by atoms with van der Waals surface area (Å²) in [6, 6.07) is 13.3. The van der Waals surface area contributed by atoms with Gasteiger partial charge >= 0.3 is 0 Å². The molecule has 21 heavy (non-hydrogen) atoms. The van der Waals surface area contributed by atoms with Gasteiger partial charge in [0.05, 0.1) is 0 Å². The molecular weight excluding hydrogens is 354 g/mol. The molecule has 0 aliphatic carbocycles. The molecule has 2 N–H and O–H groups in total. The van der Waals surface area contributed by atoms with Crippen molar-refractivity contribution in [1.82, 2.24) is 0 Å². The topological polar surface area (TPSA) is 44.5 Å². The second-order valence-corrected chi connectivity index (χ2v) is 5.73. The lowest BCUT2D eigenvalue weighted by molar-refractivity contribution is 0.216. The van der Waals surface area contributed by atoms with Crippen molar-refractivity contribution in [3.63, 3.8) is 0 Å². The molecule has 0 atom stereocenters. The zero-order valence-electron chi connectivity index (χ0n) is 11.5. The number of benzene rings is 2. The highest BCUT2D eigenvalue weighted by atomic mass is 79.9. The third kappa shape index (κ3) is 4.92. The van der Waals surface area contributed by atoms with Gasteiger partial charge in [-0.2, -0.15) is 0 Å². The van der Waals surface area contributed by atoms with Gasteiger partial charge in [-0.1, -0.05) is 33.6 Å². The number of hydrogen-bond acceptors (Lipinski definition) is 3. The number of hydrogen-bond donors (Lipinski definition) is 1. The molecule has 0 aliphatic heterocycles. The second kappa shape index (κ2) is 8.27. The van der Waals surface area contributed by atoms with E-state index < -0.39 is 0 Å². The first-order valence-corrected chi connectivity index (χ1v) is 7.86. The molecule has 2 rings (SSSR count). The Morgan fingerprint density at radius 1 is 1.00 bits per heavy atom. The van der Waals surface area contributed by atoms with Crippen LogP contribution in [0.1, 0.15) is 5.56 Å². The second-order valence-electron chi connectivity index (χ2n) is 4.41. The first kappa shape index (κ1) is 16.1. The highest BCUT2D eigenvalue weighted by molar-refractivity contribution is 9.10. The summed E-state index contributed by atoms with van der Waals surface area (Å²) in [4.78, 5) is 0. The normalized spacial score (nSPS) is 10.4. The van der Waals surface area contributed by atoms with Crippen molar-refractivity contribution < 1.29 is 9.47 Å². The monoisotopic (exact) mass is 369 g/mol. The molecule has 0 fully saturated rings. The van der Waals surface area contributed by atoms with Gasteiger partial charge in [-0.15, -0.1) is 0 Å². The van der Waals surface area contributed by atoms with E-state index in [4.69, 9.17) is 26.8 Å². The van der Waals surface area contributed by atoms with Gasteiger partial charge < -0.3 is 15.2 Å². The highest BCUT2D eigenvalue weighted by Gasteiger charge is 2.07.